The van der Waals surface area contributed by atoms with E-state index in [2.05, 4.69) is 6.58 Å². The lowest BCUT2D eigenvalue weighted by molar-refractivity contribution is 0.104. The first kappa shape index (κ1) is 16.2. The molecule has 0 fully saturated rings. The van der Waals surface area contributed by atoms with E-state index in [0.29, 0.717) is 17.9 Å². The number of benzene rings is 2. The smallest absolute Gasteiger partial charge is 0.193 e. The summed E-state index contributed by atoms with van der Waals surface area (Å²) in [5.41, 5.74) is 0.393. The van der Waals surface area contributed by atoms with Crippen molar-refractivity contribution < 1.29 is 24.9 Å². The van der Waals surface area contributed by atoms with Gasteiger partial charge in [-0.1, -0.05) is 30.9 Å². The highest BCUT2D eigenvalue weighted by Gasteiger charge is 2.15. The third-order valence-corrected chi connectivity index (χ3v) is 3.02. The summed E-state index contributed by atoms with van der Waals surface area (Å²) >= 11 is 0. The molecule has 2 aromatic carbocycles. The molecule has 5 nitrogen and oxygen atoms in total. The zero-order chi connectivity index (χ0) is 16.8. The Balaban J connectivity index is 2.27. The number of allylic oxidation sites excluding steroid dienone is 1. The Morgan fingerprint density at radius 2 is 1.78 bits per heavy atom. The predicted molar refractivity (Wildman–Crippen MR) is 86.9 cm³/mol. The van der Waals surface area contributed by atoms with Gasteiger partial charge in [-0.25, -0.2) is 0 Å². The van der Waals surface area contributed by atoms with E-state index >= 15 is 0 Å². The molecule has 118 valence electrons. The Labute approximate surface area is 133 Å². The Bertz CT molecular complexity index is 739. The number of phenols is 3. The number of phenolic OH excluding ortho intramolecular Hbond substituents is 3. The molecule has 2 aromatic rings. The van der Waals surface area contributed by atoms with Crippen molar-refractivity contribution in [2.45, 2.75) is 0 Å². The van der Waals surface area contributed by atoms with E-state index in [1.54, 1.807) is 30.3 Å². The Kier molecular flexibility index (Phi) is 5.04. The lowest BCUT2D eigenvalue weighted by Gasteiger charge is -2.07. The molecule has 0 heterocycles. The first-order valence-corrected chi connectivity index (χ1v) is 6.83. The highest BCUT2D eigenvalue weighted by atomic mass is 16.5. The summed E-state index contributed by atoms with van der Waals surface area (Å²) in [7, 11) is 0. The van der Waals surface area contributed by atoms with Crippen LogP contribution in [0.15, 0.2) is 55.1 Å². The van der Waals surface area contributed by atoms with Crippen LogP contribution in [-0.4, -0.2) is 27.7 Å². The molecule has 0 aromatic heterocycles. The van der Waals surface area contributed by atoms with E-state index in [1.807, 2.05) is 0 Å². The fraction of sp³-hybridized carbons (Fsp3) is 0.0556. The van der Waals surface area contributed by atoms with E-state index < -0.39 is 17.3 Å². The number of hydrogen-bond donors (Lipinski definition) is 3. The fourth-order valence-electron chi connectivity index (χ4n) is 2.00. The molecule has 5 heteroatoms. The molecule has 0 aliphatic heterocycles. The quantitative estimate of drug-likeness (QED) is 0.433. The van der Waals surface area contributed by atoms with Crippen LogP contribution in [-0.2, 0) is 0 Å². The van der Waals surface area contributed by atoms with Gasteiger partial charge < -0.3 is 20.1 Å². The van der Waals surface area contributed by atoms with Crippen LogP contribution < -0.4 is 4.74 Å². The maximum atomic E-state index is 12.2. The number of carbonyl (C=O) groups is 1. The Morgan fingerprint density at radius 1 is 1.13 bits per heavy atom. The number of hydrogen-bond acceptors (Lipinski definition) is 5. The average molecular weight is 312 g/mol. The molecular formula is C18H16O5. The molecule has 23 heavy (non-hydrogen) atoms. The third kappa shape index (κ3) is 3.91. The van der Waals surface area contributed by atoms with Gasteiger partial charge in [-0.05, 0) is 18.2 Å². The van der Waals surface area contributed by atoms with Crippen LogP contribution in [0.5, 0.6) is 23.0 Å². The summed E-state index contributed by atoms with van der Waals surface area (Å²) in [5, 5.41) is 28.7. The summed E-state index contributed by atoms with van der Waals surface area (Å²) in [6, 6.07) is 9.08. The van der Waals surface area contributed by atoms with Gasteiger partial charge in [0.2, 0.25) is 0 Å². The van der Waals surface area contributed by atoms with Crippen molar-refractivity contribution in [1.82, 2.24) is 0 Å². The van der Waals surface area contributed by atoms with Crippen molar-refractivity contribution in [3.63, 3.8) is 0 Å². The summed E-state index contributed by atoms with van der Waals surface area (Å²) in [4.78, 5) is 12.2. The zero-order valence-electron chi connectivity index (χ0n) is 12.3. The molecule has 0 amide bonds. The molecule has 0 aliphatic carbocycles. The van der Waals surface area contributed by atoms with Crippen molar-refractivity contribution in [2.75, 3.05) is 6.61 Å². The molecule has 0 saturated heterocycles. The minimum absolute atomic E-state index is 0.274. The molecule has 0 saturated carbocycles. The fourth-order valence-corrected chi connectivity index (χ4v) is 2.00. The molecular weight excluding hydrogens is 296 g/mol. The monoisotopic (exact) mass is 312 g/mol. The van der Waals surface area contributed by atoms with Crippen molar-refractivity contribution in [3.05, 3.63) is 66.3 Å². The average Bonchev–Trinajstić information content (AvgIpc) is 2.50. The molecule has 0 atom stereocenters. The van der Waals surface area contributed by atoms with Crippen molar-refractivity contribution >= 4 is 11.9 Å². The molecule has 3 N–H and O–H groups in total. The number of ether oxygens (including phenoxy) is 1. The number of ketones is 1. The van der Waals surface area contributed by atoms with Gasteiger partial charge in [0.15, 0.2) is 5.78 Å². The largest absolute Gasteiger partial charge is 0.508 e. The van der Waals surface area contributed by atoms with Gasteiger partial charge in [-0.2, -0.15) is 0 Å². The maximum absolute atomic E-state index is 12.2. The summed E-state index contributed by atoms with van der Waals surface area (Å²) < 4.78 is 5.48. The highest BCUT2D eigenvalue weighted by molar-refractivity contribution is 6.10. The number of para-hydroxylation sites is 1. The summed E-state index contributed by atoms with van der Waals surface area (Å²) in [6.45, 7) is 3.90. The molecule has 0 unspecified atom stereocenters. The van der Waals surface area contributed by atoms with E-state index in [1.165, 1.54) is 12.2 Å². The van der Waals surface area contributed by atoms with Crippen LogP contribution in [0.25, 0.3) is 6.08 Å². The van der Waals surface area contributed by atoms with Gasteiger partial charge in [0.05, 0.1) is 0 Å². The van der Waals surface area contributed by atoms with Gasteiger partial charge >= 0.3 is 0 Å². The van der Waals surface area contributed by atoms with Gasteiger partial charge in [0, 0.05) is 17.7 Å². The minimum atomic E-state index is -0.599. The van der Waals surface area contributed by atoms with Crippen LogP contribution >= 0.6 is 0 Å². The molecule has 0 aliphatic rings. The predicted octanol–water partition coefficient (Wildman–Crippen LogP) is 3.26. The Morgan fingerprint density at radius 3 is 2.43 bits per heavy atom. The van der Waals surface area contributed by atoms with E-state index in [-0.39, 0.29) is 11.3 Å². The first-order chi connectivity index (χ1) is 11.0. The maximum Gasteiger partial charge on any atom is 0.193 e. The lowest BCUT2D eigenvalue weighted by Crippen LogP contribution is -1.97. The summed E-state index contributed by atoms with van der Waals surface area (Å²) in [6.07, 6.45) is 4.34. The second-order valence-corrected chi connectivity index (χ2v) is 4.69. The van der Waals surface area contributed by atoms with Gasteiger partial charge in [-0.15, -0.1) is 0 Å². The van der Waals surface area contributed by atoms with Crippen LogP contribution in [0.1, 0.15) is 15.9 Å². The van der Waals surface area contributed by atoms with Crippen LogP contribution in [0.3, 0.4) is 0 Å². The van der Waals surface area contributed by atoms with Gasteiger partial charge in [0.1, 0.15) is 35.2 Å². The van der Waals surface area contributed by atoms with E-state index in [9.17, 15) is 20.1 Å². The zero-order valence-corrected chi connectivity index (χ0v) is 12.3. The van der Waals surface area contributed by atoms with Crippen LogP contribution in [0, 0.1) is 0 Å². The molecule has 2 rings (SSSR count). The molecule has 0 radical (unpaired) electrons. The van der Waals surface area contributed by atoms with Crippen molar-refractivity contribution in [3.8, 4) is 23.0 Å². The standard InChI is InChI=1S/C18H16O5/c1-2-9-23-17-6-4-3-5-12(17)7-8-14(20)18-15(21)10-13(19)11-16(18)22/h2-8,10-11,19,21-22H,1,9H2/b8-7+. The molecule has 0 bridgehead atoms. The highest BCUT2D eigenvalue weighted by Crippen LogP contribution is 2.32. The first-order valence-electron chi connectivity index (χ1n) is 6.83. The van der Waals surface area contributed by atoms with Crippen molar-refractivity contribution in [2.24, 2.45) is 0 Å². The number of aromatic hydroxyl groups is 3. The van der Waals surface area contributed by atoms with Crippen LogP contribution in [0.2, 0.25) is 0 Å². The van der Waals surface area contributed by atoms with Crippen LogP contribution in [0.4, 0.5) is 0 Å². The topological polar surface area (TPSA) is 87.0 Å². The van der Waals surface area contributed by atoms with Gasteiger partial charge in [0.25, 0.3) is 0 Å². The molecule has 0 spiro atoms. The Hall–Kier alpha value is -3.21. The summed E-state index contributed by atoms with van der Waals surface area (Å²) in [5.74, 6) is -1.33. The number of rotatable bonds is 6. The van der Waals surface area contributed by atoms with Gasteiger partial charge in [-0.3, -0.25) is 4.79 Å². The van der Waals surface area contributed by atoms with E-state index in [4.69, 9.17) is 4.74 Å². The SMILES string of the molecule is C=CCOc1ccccc1/C=C/C(=O)c1c(O)cc(O)cc1O. The lowest BCUT2D eigenvalue weighted by atomic mass is 10.1. The second-order valence-electron chi connectivity index (χ2n) is 4.69. The third-order valence-electron chi connectivity index (χ3n) is 3.02. The second kappa shape index (κ2) is 7.17. The normalized spacial score (nSPS) is 10.6. The number of carbonyl (C=O) groups excluding carboxylic acids is 1. The minimum Gasteiger partial charge on any atom is -0.508 e. The van der Waals surface area contributed by atoms with E-state index in [0.717, 1.165) is 12.1 Å². The van der Waals surface area contributed by atoms with Crippen molar-refractivity contribution in [1.29, 1.82) is 0 Å².